The van der Waals surface area contributed by atoms with Crippen molar-refractivity contribution >= 4 is 23.2 Å². The van der Waals surface area contributed by atoms with E-state index in [4.69, 9.17) is 38.6 Å². The van der Waals surface area contributed by atoms with Crippen LogP contribution in [0.5, 0.6) is 0 Å². The molecule has 0 fully saturated rings. The van der Waals surface area contributed by atoms with Gasteiger partial charge in [-0.05, 0) is 17.7 Å². The molecule has 1 aromatic carbocycles. The topological polar surface area (TPSA) is 85.2 Å². The first-order valence-electron chi connectivity index (χ1n) is 5.23. The van der Waals surface area contributed by atoms with Gasteiger partial charge in [0.25, 0.3) is 0 Å². The zero-order valence-corrected chi connectivity index (χ0v) is 10.8. The van der Waals surface area contributed by atoms with E-state index in [9.17, 15) is 0 Å². The highest BCUT2D eigenvalue weighted by Gasteiger charge is 2.14. The number of nitrogens with zero attached hydrogens (tertiary/aromatic N) is 2. The summed E-state index contributed by atoms with van der Waals surface area (Å²) < 4.78 is 4.94. The van der Waals surface area contributed by atoms with E-state index in [1.54, 1.807) is 12.1 Å². The molecule has 0 amide bonds. The Bertz CT molecular complexity index is 545. The minimum atomic E-state index is -0.653. The van der Waals surface area contributed by atoms with E-state index in [2.05, 4.69) is 10.1 Å². The number of nitrogens with two attached hydrogens (primary N) is 1. The van der Waals surface area contributed by atoms with E-state index >= 15 is 0 Å². The molecule has 1 aromatic heterocycles. The first-order chi connectivity index (χ1) is 8.60. The zero-order chi connectivity index (χ0) is 13.1. The summed E-state index contributed by atoms with van der Waals surface area (Å²) in [6.45, 7) is -0.242. The number of hydrogen-bond acceptors (Lipinski definition) is 5. The van der Waals surface area contributed by atoms with Crippen LogP contribution < -0.4 is 5.73 Å². The second kappa shape index (κ2) is 5.67. The number of aliphatic hydroxyl groups excluding tert-OH is 1. The van der Waals surface area contributed by atoms with E-state index < -0.39 is 6.04 Å². The lowest BCUT2D eigenvalue weighted by Gasteiger charge is -2.00. The monoisotopic (exact) mass is 287 g/mol. The Morgan fingerprint density at radius 3 is 2.78 bits per heavy atom. The van der Waals surface area contributed by atoms with Crippen LogP contribution in [-0.2, 0) is 6.42 Å². The van der Waals surface area contributed by atoms with Crippen molar-refractivity contribution < 1.29 is 9.63 Å². The summed E-state index contributed by atoms with van der Waals surface area (Å²) in [6.07, 6.45) is 0.457. The minimum Gasteiger partial charge on any atom is -0.394 e. The van der Waals surface area contributed by atoms with Crippen molar-refractivity contribution in [1.82, 2.24) is 10.1 Å². The fourth-order valence-corrected chi connectivity index (χ4v) is 1.72. The molecule has 18 heavy (non-hydrogen) atoms. The number of rotatable bonds is 4. The largest absolute Gasteiger partial charge is 0.394 e. The SMILES string of the molecule is NC(CO)c1nc(Cc2ccc(Cl)c(Cl)c2)no1. The molecule has 7 heteroatoms. The van der Waals surface area contributed by atoms with Gasteiger partial charge in [-0.3, -0.25) is 0 Å². The average Bonchev–Trinajstić information content (AvgIpc) is 2.81. The lowest BCUT2D eigenvalue weighted by Crippen LogP contribution is -2.14. The van der Waals surface area contributed by atoms with Crippen LogP contribution in [0.1, 0.15) is 23.3 Å². The molecule has 1 unspecified atom stereocenters. The predicted molar refractivity (Wildman–Crippen MR) is 67.6 cm³/mol. The first-order valence-corrected chi connectivity index (χ1v) is 5.98. The molecule has 2 rings (SSSR count). The Kier molecular flexibility index (Phi) is 4.19. The van der Waals surface area contributed by atoms with E-state index in [1.165, 1.54) is 0 Å². The van der Waals surface area contributed by atoms with E-state index in [1.807, 2.05) is 6.07 Å². The van der Waals surface area contributed by atoms with Crippen LogP contribution in [-0.4, -0.2) is 21.9 Å². The first kappa shape index (κ1) is 13.3. The number of hydrogen-bond donors (Lipinski definition) is 2. The van der Waals surface area contributed by atoms with Gasteiger partial charge in [0.15, 0.2) is 5.82 Å². The van der Waals surface area contributed by atoms with E-state index in [0.29, 0.717) is 22.3 Å². The summed E-state index contributed by atoms with van der Waals surface area (Å²) in [5.41, 5.74) is 6.47. The second-order valence-electron chi connectivity index (χ2n) is 3.76. The third-order valence-electron chi connectivity index (χ3n) is 2.34. The van der Waals surface area contributed by atoms with Crippen LogP contribution in [0.3, 0.4) is 0 Å². The Morgan fingerprint density at radius 1 is 1.33 bits per heavy atom. The van der Waals surface area contributed by atoms with Crippen molar-refractivity contribution in [2.24, 2.45) is 5.73 Å². The van der Waals surface area contributed by atoms with Crippen LogP contribution in [0.15, 0.2) is 22.7 Å². The van der Waals surface area contributed by atoms with Gasteiger partial charge in [0.2, 0.25) is 5.89 Å². The molecule has 0 aliphatic carbocycles. The van der Waals surface area contributed by atoms with Crippen LogP contribution in [0.25, 0.3) is 0 Å². The highest BCUT2D eigenvalue weighted by molar-refractivity contribution is 6.42. The summed E-state index contributed by atoms with van der Waals surface area (Å²) in [5.74, 6) is 0.694. The average molecular weight is 288 g/mol. The maximum Gasteiger partial charge on any atom is 0.245 e. The Balaban J connectivity index is 2.13. The molecular weight excluding hydrogens is 277 g/mol. The van der Waals surface area contributed by atoms with Crippen molar-refractivity contribution in [1.29, 1.82) is 0 Å². The third kappa shape index (κ3) is 3.00. The van der Waals surface area contributed by atoms with E-state index in [-0.39, 0.29) is 12.5 Å². The van der Waals surface area contributed by atoms with Crippen molar-refractivity contribution in [2.45, 2.75) is 12.5 Å². The highest BCUT2D eigenvalue weighted by atomic mass is 35.5. The summed E-state index contributed by atoms with van der Waals surface area (Å²) >= 11 is 11.7. The number of halogens is 2. The van der Waals surface area contributed by atoms with Crippen molar-refractivity contribution in [3.05, 3.63) is 45.5 Å². The lowest BCUT2D eigenvalue weighted by atomic mass is 10.1. The molecule has 2 aromatic rings. The maximum absolute atomic E-state index is 8.87. The summed E-state index contributed by atoms with van der Waals surface area (Å²) in [7, 11) is 0. The predicted octanol–water partition coefficient (Wildman–Crippen LogP) is 1.96. The van der Waals surface area contributed by atoms with E-state index in [0.717, 1.165) is 5.56 Å². The standard InChI is InChI=1S/C11H11Cl2N3O2/c12-7-2-1-6(3-8(7)13)4-10-15-11(18-16-10)9(14)5-17/h1-3,9,17H,4-5,14H2. The molecule has 0 saturated heterocycles. The second-order valence-corrected chi connectivity index (χ2v) is 4.58. The van der Waals surface area contributed by atoms with Crippen molar-refractivity contribution in [2.75, 3.05) is 6.61 Å². The fraction of sp³-hybridized carbons (Fsp3) is 0.273. The molecule has 0 radical (unpaired) electrons. The van der Waals surface area contributed by atoms with Gasteiger partial charge in [-0.25, -0.2) is 0 Å². The smallest absolute Gasteiger partial charge is 0.245 e. The summed E-state index contributed by atoms with van der Waals surface area (Å²) in [4.78, 5) is 4.09. The van der Waals surface area contributed by atoms with Gasteiger partial charge in [0.1, 0.15) is 6.04 Å². The Hall–Kier alpha value is -1.14. The number of benzene rings is 1. The van der Waals surface area contributed by atoms with Gasteiger partial charge in [0, 0.05) is 6.42 Å². The zero-order valence-electron chi connectivity index (χ0n) is 9.31. The van der Waals surface area contributed by atoms with Gasteiger partial charge >= 0.3 is 0 Å². The molecular formula is C11H11Cl2N3O2. The Morgan fingerprint density at radius 2 is 2.11 bits per heavy atom. The van der Waals surface area contributed by atoms with Crippen LogP contribution in [0.2, 0.25) is 10.0 Å². The molecule has 96 valence electrons. The number of aliphatic hydroxyl groups is 1. The minimum absolute atomic E-state index is 0.215. The summed E-state index contributed by atoms with van der Waals surface area (Å²) in [5, 5.41) is 13.6. The lowest BCUT2D eigenvalue weighted by molar-refractivity contribution is 0.236. The molecule has 0 spiro atoms. The maximum atomic E-state index is 8.87. The molecule has 0 aliphatic heterocycles. The van der Waals surface area contributed by atoms with Gasteiger partial charge in [-0.1, -0.05) is 34.4 Å². The van der Waals surface area contributed by atoms with Crippen LogP contribution >= 0.6 is 23.2 Å². The Labute approximate surface area is 114 Å². The molecule has 0 aliphatic rings. The number of aromatic nitrogens is 2. The molecule has 1 atom stereocenters. The van der Waals surface area contributed by atoms with Crippen molar-refractivity contribution in [3.8, 4) is 0 Å². The quantitative estimate of drug-likeness (QED) is 0.898. The molecule has 0 bridgehead atoms. The third-order valence-corrected chi connectivity index (χ3v) is 3.08. The van der Waals surface area contributed by atoms with Crippen LogP contribution in [0.4, 0.5) is 0 Å². The van der Waals surface area contributed by atoms with Gasteiger partial charge in [-0.2, -0.15) is 4.98 Å². The van der Waals surface area contributed by atoms with Gasteiger partial charge in [-0.15, -0.1) is 0 Å². The van der Waals surface area contributed by atoms with Crippen LogP contribution in [0, 0.1) is 0 Å². The van der Waals surface area contributed by atoms with Gasteiger partial charge < -0.3 is 15.4 Å². The van der Waals surface area contributed by atoms with Crippen molar-refractivity contribution in [3.63, 3.8) is 0 Å². The molecule has 1 heterocycles. The normalized spacial score (nSPS) is 12.7. The molecule has 0 saturated carbocycles. The molecule has 5 nitrogen and oxygen atoms in total. The highest BCUT2D eigenvalue weighted by Crippen LogP contribution is 2.23. The molecule has 3 N–H and O–H groups in total. The fourth-order valence-electron chi connectivity index (χ4n) is 1.40. The summed E-state index contributed by atoms with van der Waals surface area (Å²) in [6, 6.07) is 4.63. The van der Waals surface area contributed by atoms with Gasteiger partial charge in [0.05, 0.1) is 16.7 Å².